The van der Waals surface area contributed by atoms with E-state index in [1.165, 1.54) is 6.92 Å². The average Bonchev–Trinajstić information content (AvgIpc) is 1.98. The molecular weight excluding hydrogens is 144 g/mol. The summed E-state index contributed by atoms with van der Waals surface area (Å²) < 4.78 is 0. The number of nitrogens with two attached hydrogens (primary N) is 1. The van der Waals surface area contributed by atoms with E-state index in [0.29, 0.717) is 0 Å². The Labute approximate surface area is 65.5 Å². The Morgan fingerprint density at radius 3 is 2.64 bits per heavy atom. The Morgan fingerprint density at radius 1 is 1.73 bits per heavy atom. The van der Waals surface area contributed by atoms with Crippen molar-refractivity contribution >= 4 is 0 Å². The highest BCUT2D eigenvalue weighted by molar-refractivity contribution is 5.16. The quantitative estimate of drug-likeness (QED) is 0.381. The monoisotopic (exact) mass is 156 g/mol. The molecule has 0 aromatic heterocycles. The van der Waals surface area contributed by atoms with E-state index in [1.54, 1.807) is 12.2 Å². The minimum Gasteiger partial charge on any atom is -0.393 e. The van der Waals surface area contributed by atoms with Gasteiger partial charge in [-0.25, -0.2) is 0 Å². The molecule has 0 saturated heterocycles. The molecule has 0 radical (unpaired) electrons. The van der Waals surface area contributed by atoms with E-state index < -0.39 is 4.92 Å². The third kappa shape index (κ3) is 3.40. The fourth-order valence-corrected chi connectivity index (χ4v) is 0.471. The Hall–Kier alpha value is -1.32. The van der Waals surface area contributed by atoms with Gasteiger partial charge in [0.05, 0.1) is 4.92 Å². The molecule has 0 unspecified atom stereocenters. The van der Waals surface area contributed by atoms with Crippen LogP contribution in [-0.2, 0) is 0 Å². The predicted octanol–water partition coefficient (Wildman–Crippen LogP) is 1.42. The largest absolute Gasteiger partial charge is 0.393 e. The number of nitrogens with zero attached hydrogens (tertiary/aromatic N) is 1. The molecule has 0 heterocycles. The van der Waals surface area contributed by atoms with Crippen molar-refractivity contribution in [3.63, 3.8) is 0 Å². The highest BCUT2D eigenvalue weighted by Gasteiger charge is 2.05. The normalized spacial score (nSPS) is 13.3. The summed E-state index contributed by atoms with van der Waals surface area (Å²) in [5.74, 6) is 0. The average molecular weight is 156 g/mol. The van der Waals surface area contributed by atoms with Crippen molar-refractivity contribution in [1.82, 2.24) is 0 Å². The first-order valence-electron chi connectivity index (χ1n) is 3.36. The van der Waals surface area contributed by atoms with E-state index in [2.05, 4.69) is 0 Å². The Kier molecular flexibility index (Phi) is 3.95. The molecule has 0 spiro atoms. The van der Waals surface area contributed by atoms with E-state index in [9.17, 15) is 10.1 Å². The summed E-state index contributed by atoms with van der Waals surface area (Å²) in [5, 5.41) is 10.1. The van der Waals surface area contributed by atoms with Crippen LogP contribution in [0.1, 0.15) is 20.3 Å². The SMILES string of the molecule is CC/C=C\C(N)=C(/C)[N+](=O)[O-]. The lowest BCUT2D eigenvalue weighted by Crippen LogP contribution is -2.04. The minimum atomic E-state index is -0.491. The van der Waals surface area contributed by atoms with Crippen LogP contribution in [0.4, 0.5) is 0 Å². The van der Waals surface area contributed by atoms with Gasteiger partial charge >= 0.3 is 0 Å². The van der Waals surface area contributed by atoms with E-state index in [-0.39, 0.29) is 11.4 Å². The summed E-state index contributed by atoms with van der Waals surface area (Å²) in [4.78, 5) is 9.65. The van der Waals surface area contributed by atoms with Gasteiger partial charge in [0, 0.05) is 6.92 Å². The Bertz CT molecular complexity index is 206. The molecule has 2 N–H and O–H groups in total. The van der Waals surface area contributed by atoms with Crippen molar-refractivity contribution in [3.05, 3.63) is 33.7 Å². The third-order valence-corrected chi connectivity index (χ3v) is 1.22. The van der Waals surface area contributed by atoms with Crippen molar-refractivity contribution in [2.75, 3.05) is 0 Å². The molecule has 0 bridgehead atoms. The van der Waals surface area contributed by atoms with Gasteiger partial charge in [0.1, 0.15) is 5.70 Å². The van der Waals surface area contributed by atoms with Crippen LogP contribution in [0.25, 0.3) is 0 Å². The van der Waals surface area contributed by atoms with Crippen LogP contribution >= 0.6 is 0 Å². The van der Waals surface area contributed by atoms with Crippen molar-refractivity contribution in [1.29, 1.82) is 0 Å². The van der Waals surface area contributed by atoms with Crippen LogP contribution in [0.15, 0.2) is 23.5 Å². The van der Waals surface area contributed by atoms with Gasteiger partial charge in [0.15, 0.2) is 0 Å². The molecule has 0 aromatic rings. The summed E-state index contributed by atoms with van der Waals surface area (Å²) >= 11 is 0. The van der Waals surface area contributed by atoms with Crippen LogP contribution in [-0.4, -0.2) is 4.92 Å². The van der Waals surface area contributed by atoms with Gasteiger partial charge in [0.25, 0.3) is 5.70 Å². The fraction of sp³-hybridized carbons (Fsp3) is 0.429. The van der Waals surface area contributed by atoms with E-state index in [1.807, 2.05) is 6.92 Å². The van der Waals surface area contributed by atoms with Gasteiger partial charge in [-0.15, -0.1) is 0 Å². The summed E-state index contributed by atoms with van der Waals surface area (Å²) in [5.41, 5.74) is 5.57. The molecule has 0 amide bonds. The Balaban J connectivity index is 4.40. The molecule has 62 valence electrons. The molecule has 4 heteroatoms. The van der Waals surface area contributed by atoms with Crippen molar-refractivity contribution in [2.45, 2.75) is 20.3 Å². The second-order valence-electron chi connectivity index (χ2n) is 2.11. The lowest BCUT2D eigenvalue weighted by molar-refractivity contribution is -0.425. The number of hydrogen-bond acceptors (Lipinski definition) is 3. The minimum absolute atomic E-state index is 0.00491. The van der Waals surface area contributed by atoms with Crippen LogP contribution < -0.4 is 5.73 Å². The van der Waals surface area contributed by atoms with Gasteiger partial charge in [-0.05, 0) is 12.5 Å². The van der Waals surface area contributed by atoms with Gasteiger partial charge < -0.3 is 5.73 Å². The maximum absolute atomic E-state index is 10.1. The van der Waals surface area contributed by atoms with Crippen LogP contribution in [0.2, 0.25) is 0 Å². The van der Waals surface area contributed by atoms with E-state index in [0.717, 1.165) is 6.42 Å². The smallest absolute Gasteiger partial charge is 0.265 e. The number of nitro groups is 1. The lowest BCUT2D eigenvalue weighted by Gasteiger charge is -1.92. The highest BCUT2D eigenvalue weighted by atomic mass is 16.6. The molecule has 0 fully saturated rings. The molecule has 0 atom stereocenters. The fourth-order valence-electron chi connectivity index (χ4n) is 0.471. The maximum Gasteiger partial charge on any atom is 0.265 e. The summed E-state index contributed by atoms with van der Waals surface area (Å²) in [6, 6.07) is 0. The van der Waals surface area contributed by atoms with Crippen LogP contribution in [0.3, 0.4) is 0 Å². The lowest BCUT2D eigenvalue weighted by atomic mass is 10.3. The molecule has 0 rings (SSSR count). The summed E-state index contributed by atoms with van der Waals surface area (Å²) in [6.07, 6.45) is 4.16. The van der Waals surface area contributed by atoms with Crippen LogP contribution in [0.5, 0.6) is 0 Å². The predicted molar refractivity (Wildman–Crippen MR) is 43.3 cm³/mol. The second-order valence-corrected chi connectivity index (χ2v) is 2.11. The highest BCUT2D eigenvalue weighted by Crippen LogP contribution is 1.99. The maximum atomic E-state index is 10.1. The molecule has 0 aromatic carbocycles. The zero-order valence-electron chi connectivity index (χ0n) is 6.70. The zero-order valence-corrected chi connectivity index (χ0v) is 6.70. The second kappa shape index (κ2) is 4.49. The van der Waals surface area contributed by atoms with Gasteiger partial charge in [-0.2, -0.15) is 0 Å². The molecule has 0 aliphatic carbocycles. The first kappa shape index (κ1) is 9.68. The zero-order chi connectivity index (χ0) is 8.85. The first-order chi connectivity index (χ1) is 5.09. The standard InChI is InChI=1S/C7H12N2O2/c1-3-4-5-7(8)6(2)9(10)11/h4-5H,3,8H2,1-2H3/b5-4-,7-6-. The van der Waals surface area contributed by atoms with Gasteiger partial charge in [-0.1, -0.05) is 13.0 Å². The number of rotatable bonds is 3. The summed E-state index contributed by atoms with van der Waals surface area (Å²) in [6.45, 7) is 3.32. The van der Waals surface area contributed by atoms with E-state index >= 15 is 0 Å². The van der Waals surface area contributed by atoms with E-state index in [4.69, 9.17) is 5.73 Å². The third-order valence-electron chi connectivity index (χ3n) is 1.22. The van der Waals surface area contributed by atoms with Crippen molar-refractivity contribution in [2.24, 2.45) is 5.73 Å². The van der Waals surface area contributed by atoms with Crippen LogP contribution in [0, 0.1) is 10.1 Å². The summed E-state index contributed by atoms with van der Waals surface area (Å²) in [7, 11) is 0. The van der Waals surface area contributed by atoms with Gasteiger partial charge in [-0.3, -0.25) is 10.1 Å². The molecule has 0 aliphatic rings. The topological polar surface area (TPSA) is 69.2 Å². The molecule has 4 nitrogen and oxygen atoms in total. The molecule has 11 heavy (non-hydrogen) atoms. The number of hydrogen-bond donors (Lipinski definition) is 1. The molecular formula is C7H12N2O2. The first-order valence-corrected chi connectivity index (χ1v) is 3.36. The Morgan fingerprint density at radius 2 is 2.27 bits per heavy atom. The number of allylic oxidation sites excluding steroid dienone is 3. The van der Waals surface area contributed by atoms with Crippen molar-refractivity contribution in [3.8, 4) is 0 Å². The molecule has 0 aliphatic heterocycles. The molecule has 0 saturated carbocycles. The van der Waals surface area contributed by atoms with Crippen molar-refractivity contribution < 1.29 is 4.92 Å². The van der Waals surface area contributed by atoms with Gasteiger partial charge in [0.2, 0.25) is 0 Å².